The molecule has 3 aromatic carbocycles. The number of fused-ring (bicyclic) bond motifs is 1. The van der Waals surface area contributed by atoms with Crippen molar-refractivity contribution < 1.29 is 14.0 Å². The van der Waals surface area contributed by atoms with E-state index in [2.05, 4.69) is 10.3 Å². The van der Waals surface area contributed by atoms with Crippen LogP contribution in [0.4, 0.5) is 8.78 Å². The third-order valence-electron chi connectivity index (χ3n) is 5.55. The molecule has 32 heavy (non-hydrogen) atoms. The van der Waals surface area contributed by atoms with Crippen molar-refractivity contribution in [2.45, 2.75) is 19.3 Å². The fourth-order valence-electron chi connectivity index (χ4n) is 3.55. The molecular formula is C24H20F2N4O2. The van der Waals surface area contributed by atoms with Crippen LogP contribution in [0.2, 0.25) is 0 Å². The first-order valence-corrected chi connectivity index (χ1v) is 9.80. The largest absolute Gasteiger partial charge is 0.409 e. The average Bonchev–Trinajstić information content (AvgIpc) is 2.79. The second-order valence-electron chi connectivity index (χ2n) is 7.90. The Labute approximate surface area is 182 Å². The number of rotatable bonds is 4. The lowest BCUT2D eigenvalue weighted by Crippen LogP contribution is -2.35. The number of aromatic nitrogens is 2. The van der Waals surface area contributed by atoms with E-state index in [0.717, 1.165) is 16.3 Å². The van der Waals surface area contributed by atoms with Gasteiger partial charge in [-0.25, -0.2) is 8.78 Å². The highest BCUT2D eigenvalue weighted by atomic mass is 19.1. The van der Waals surface area contributed by atoms with Crippen molar-refractivity contribution in [1.29, 1.82) is 0 Å². The van der Waals surface area contributed by atoms with Gasteiger partial charge in [0.05, 0.1) is 16.5 Å². The highest BCUT2D eigenvalue weighted by Gasteiger charge is 2.27. The maximum atomic E-state index is 14.5. The van der Waals surface area contributed by atoms with E-state index in [0.29, 0.717) is 28.1 Å². The molecule has 0 atom stereocenters. The van der Waals surface area contributed by atoms with Gasteiger partial charge in [0.25, 0.3) is 5.56 Å². The molecule has 0 saturated carbocycles. The third-order valence-corrected chi connectivity index (χ3v) is 5.55. The number of nitrogens with two attached hydrogens (primary N) is 1. The number of hydrogen-bond donors (Lipinski definition) is 2. The van der Waals surface area contributed by atoms with Gasteiger partial charge in [0.1, 0.15) is 17.3 Å². The summed E-state index contributed by atoms with van der Waals surface area (Å²) in [5.74, 6) is -1.62. The summed E-state index contributed by atoms with van der Waals surface area (Å²) < 4.78 is 28.9. The second-order valence-corrected chi connectivity index (χ2v) is 7.90. The number of nitrogens with zero attached hydrogens (tertiary/aromatic N) is 3. The topological polar surface area (TPSA) is 93.5 Å². The van der Waals surface area contributed by atoms with Gasteiger partial charge in [-0.15, -0.1) is 0 Å². The van der Waals surface area contributed by atoms with E-state index >= 15 is 0 Å². The molecule has 0 fully saturated rings. The molecule has 3 N–H and O–H groups in total. The van der Waals surface area contributed by atoms with Crippen molar-refractivity contribution in [1.82, 2.24) is 9.78 Å². The first-order valence-electron chi connectivity index (χ1n) is 9.80. The molecule has 4 rings (SSSR count). The Balaban J connectivity index is 2.01. The van der Waals surface area contributed by atoms with Gasteiger partial charge in [0.2, 0.25) is 0 Å². The monoisotopic (exact) mass is 434 g/mol. The van der Waals surface area contributed by atoms with Crippen molar-refractivity contribution in [2.75, 3.05) is 0 Å². The normalized spacial score (nSPS) is 12.3. The van der Waals surface area contributed by atoms with Crippen molar-refractivity contribution in [3.05, 3.63) is 94.3 Å². The molecular weight excluding hydrogens is 414 g/mol. The van der Waals surface area contributed by atoms with Gasteiger partial charge in [-0.2, -0.15) is 9.78 Å². The van der Waals surface area contributed by atoms with Crippen LogP contribution in [-0.4, -0.2) is 20.8 Å². The molecule has 1 heterocycles. The lowest BCUT2D eigenvalue weighted by Gasteiger charge is -2.24. The summed E-state index contributed by atoms with van der Waals surface area (Å²) in [6, 6.07) is 17.1. The van der Waals surface area contributed by atoms with Crippen LogP contribution in [0.25, 0.3) is 27.7 Å². The Morgan fingerprint density at radius 1 is 1.03 bits per heavy atom. The van der Waals surface area contributed by atoms with Gasteiger partial charge in [-0.1, -0.05) is 41.6 Å². The van der Waals surface area contributed by atoms with E-state index in [9.17, 15) is 13.6 Å². The van der Waals surface area contributed by atoms with Gasteiger partial charge in [-0.05, 0) is 43.7 Å². The van der Waals surface area contributed by atoms with Crippen LogP contribution in [0, 0.1) is 11.6 Å². The zero-order valence-corrected chi connectivity index (χ0v) is 17.4. The quantitative estimate of drug-likeness (QED) is 0.216. The molecule has 0 amide bonds. The first kappa shape index (κ1) is 21.2. The number of oxime groups is 1. The smallest absolute Gasteiger partial charge is 0.279 e. The molecule has 1 aromatic heterocycles. The van der Waals surface area contributed by atoms with E-state index in [1.807, 2.05) is 26.0 Å². The van der Waals surface area contributed by atoms with Crippen LogP contribution in [0.5, 0.6) is 0 Å². The highest BCUT2D eigenvalue weighted by molar-refractivity contribution is 5.95. The minimum absolute atomic E-state index is 0.0332. The SMILES string of the molecule is CC(C)(/C(N)=N\O)c1cccc(-c2nn(-c3ccc(F)cc3F)c(=O)c3ccccc23)c1. The minimum Gasteiger partial charge on any atom is -0.409 e. The second kappa shape index (κ2) is 7.88. The zero-order chi connectivity index (χ0) is 23.0. The Morgan fingerprint density at radius 3 is 2.44 bits per heavy atom. The fourth-order valence-corrected chi connectivity index (χ4v) is 3.55. The van der Waals surface area contributed by atoms with Gasteiger partial charge in [-0.3, -0.25) is 4.79 Å². The fraction of sp³-hybridized carbons (Fsp3) is 0.125. The van der Waals surface area contributed by atoms with E-state index < -0.39 is 22.6 Å². The maximum Gasteiger partial charge on any atom is 0.279 e. The van der Waals surface area contributed by atoms with Crippen LogP contribution in [0.1, 0.15) is 19.4 Å². The molecule has 0 aliphatic rings. The van der Waals surface area contributed by atoms with Crippen molar-refractivity contribution in [2.24, 2.45) is 10.9 Å². The van der Waals surface area contributed by atoms with E-state index in [-0.39, 0.29) is 11.5 Å². The molecule has 0 unspecified atom stereocenters. The van der Waals surface area contributed by atoms with E-state index in [4.69, 9.17) is 10.9 Å². The van der Waals surface area contributed by atoms with Crippen LogP contribution in [0.15, 0.2) is 76.7 Å². The van der Waals surface area contributed by atoms with Crippen molar-refractivity contribution in [3.8, 4) is 16.9 Å². The molecule has 4 aromatic rings. The van der Waals surface area contributed by atoms with Gasteiger partial charge in [0, 0.05) is 17.0 Å². The van der Waals surface area contributed by atoms with Gasteiger partial charge in [0.15, 0.2) is 5.82 Å². The maximum absolute atomic E-state index is 14.5. The number of halogens is 2. The minimum atomic E-state index is -0.900. The lowest BCUT2D eigenvalue weighted by molar-refractivity contribution is 0.313. The first-order chi connectivity index (χ1) is 15.2. The predicted molar refractivity (Wildman–Crippen MR) is 119 cm³/mol. The van der Waals surface area contributed by atoms with Crippen LogP contribution in [0.3, 0.4) is 0 Å². The highest BCUT2D eigenvalue weighted by Crippen LogP contribution is 2.30. The molecule has 162 valence electrons. The number of amidine groups is 1. The Bertz CT molecular complexity index is 1430. The van der Waals surface area contributed by atoms with Crippen molar-refractivity contribution >= 4 is 16.6 Å². The molecule has 0 bridgehead atoms. The number of hydrogen-bond acceptors (Lipinski definition) is 4. The Morgan fingerprint density at radius 2 is 1.75 bits per heavy atom. The van der Waals surface area contributed by atoms with Crippen LogP contribution < -0.4 is 11.3 Å². The van der Waals surface area contributed by atoms with Crippen LogP contribution >= 0.6 is 0 Å². The summed E-state index contributed by atoms with van der Waals surface area (Å²) in [4.78, 5) is 13.1. The van der Waals surface area contributed by atoms with Gasteiger partial charge < -0.3 is 10.9 Å². The average molecular weight is 434 g/mol. The zero-order valence-electron chi connectivity index (χ0n) is 17.4. The molecule has 0 saturated heterocycles. The molecule has 0 aliphatic heterocycles. The Hall–Kier alpha value is -4.07. The Kier molecular flexibility index (Phi) is 5.22. The predicted octanol–water partition coefficient (Wildman–Crippen LogP) is 4.35. The lowest BCUT2D eigenvalue weighted by atomic mass is 9.82. The molecule has 0 aliphatic carbocycles. The molecule has 0 spiro atoms. The third kappa shape index (κ3) is 3.49. The van der Waals surface area contributed by atoms with E-state index in [1.54, 1.807) is 36.4 Å². The molecule has 6 nitrogen and oxygen atoms in total. The summed E-state index contributed by atoms with van der Waals surface area (Å²) >= 11 is 0. The summed E-state index contributed by atoms with van der Waals surface area (Å²) in [5, 5.41) is 17.6. The molecule has 8 heteroatoms. The van der Waals surface area contributed by atoms with Gasteiger partial charge >= 0.3 is 0 Å². The summed E-state index contributed by atoms with van der Waals surface area (Å²) in [7, 11) is 0. The molecule has 0 radical (unpaired) electrons. The van der Waals surface area contributed by atoms with Crippen molar-refractivity contribution in [3.63, 3.8) is 0 Å². The summed E-state index contributed by atoms with van der Waals surface area (Å²) in [6.07, 6.45) is 0. The summed E-state index contributed by atoms with van der Waals surface area (Å²) in [6.45, 7) is 3.61. The van der Waals surface area contributed by atoms with E-state index in [1.165, 1.54) is 6.07 Å². The van der Waals surface area contributed by atoms with Crippen LogP contribution in [-0.2, 0) is 5.41 Å². The standard InChI is InChI=1S/C24H20F2N4O2/c1-24(2,23(27)29-32)15-7-5-6-14(12-15)21-17-8-3-4-9-18(17)22(31)30(28-21)20-11-10-16(25)13-19(20)26/h3-13,32H,1-2H3,(H2,27,29). The number of benzene rings is 3. The summed E-state index contributed by atoms with van der Waals surface area (Å²) in [5.41, 5.74) is 6.25.